The topological polar surface area (TPSA) is 29.4 Å². The van der Waals surface area contributed by atoms with Crippen molar-refractivity contribution in [3.63, 3.8) is 0 Å². The third kappa shape index (κ3) is 2.97. The van der Waals surface area contributed by atoms with Gasteiger partial charge in [-0.3, -0.25) is 0 Å². The van der Waals surface area contributed by atoms with Crippen LogP contribution in [0.3, 0.4) is 0 Å². The predicted octanol–water partition coefficient (Wildman–Crippen LogP) is 4.28. The molecule has 0 aromatic heterocycles. The molecule has 86 valence electrons. The standard InChI is InChI=1S/C13H17NOS/c1-9(2)11-6-5-7-12(16-14-8-15)13(11)10(3)4/h5-7,9-10H,1-4H3. The minimum Gasteiger partial charge on any atom is -0.210 e. The maximum atomic E-state index is 10.2. The highest BCUT2D eigenvalue weighted by molar-refractivity contribution is 7.98. The summed E-state index contributed by atoms with van der Waals surface area (Å²) in [6.45, 7) is 8.68. The molecule has 16 heavy (non-hydrogen) atoms. The highest BCUT2D eigenvalue weighted by atomic mass is 32.2. The molecule has 0 saturated carbocycles. The Bertz CT molecular complexity index is 406. The van der Waals surface area contributed by atoms with Crippen molar-refractivity contribution >= 4 is 18.0 Å². The van der Waals surface area contributed by atoms with Crippen LogP contribution in [0.2, 0.25) is 0 Å². The Morgan fingerprint density at radius 2 is 1.88 bits per heavy atom. The smallest absolute Gasteiger partial charge is 0.210 e. The summed E-state index contributed by atoms with van der Waals surface area (Å²) in [5.41, 5.74) is 2.63. The van der Waals surface area contributed by atoms with Gasteiger partial charge in [0.1, 0.15) is 0 Å². The molecule has 0 amide bonds. The van der Waals surface area contributed by atoms with Gasteiger partial charge >= 0.3 is 0 Å². The van der Waals surface area contributed by atoms with E-state index < -0.39 is 0 Å². The second-order valence-corrected chi connectivity index (χ2v) is 5.15. The molecule has 0 atom stereocenters. The van der Waals surface area contributed by atoms with Crippen molar-refractivity contribution in [3.05, 3.63) is 29.3 Å². The molecule has 0 heterocycles. The summed E-state index contributed by atoms with van der Waals surface area (Å²) in [5.74, 6) is 0.918. The van der Waals surface area contributed by atoms with Gasteiger partial charge in [0, 0.05) is 16.8 Å². The van der Waals surface area contributed by atoms with E-state index in [4.69, 9.17) is 0 Å². The highest BCUT2D eigenvalue weighted by Crippen LogP contribution is 2.34. The van der Waals surface area contributed by atoms with Gasteiger partial charge in [-0.15, -0.1) is 4.40 Å². The molecule has 0 aliphatic carbocycles. The Balaban J connectivity index is 3.26. The van der Waals surface area contributed by atoms with E-state index in [0.29, 0.717) is 11.8 Å². The number of hydrogen-bond acceptors (Lipinski definition) is 3. The molecule has 0 unspecified atom stereocenters. The molecule has 1 rings (SSSR count). The molecule has 1 aromatic rings. The fourth-order valence-electron chi connectivity index (χ4n) is 1.83. The summed E-state index contributed by atoms with van der Waals surface area (Å²) in [5, 5.41) is 0. The van der Waals surface area contributed by atoms with Crippen LogP contribution >= 0.6 is 11.9 Å². The Morgan fingerprint density at radius 1 is 1.19 bits per heavy atom. The van der Waals surface area contributed by atoms with E-state index in [1.165, 1.54) is 23.1 Å². The minimum absolute atomic E-state index is 0.433. The van der Waals surface area contributed by atoms with Crippen LogP contribution in [0, 0.1) is 0 Å². The van der Waals surface area contributed by atoms with Crippen molar-refractivity contribution in [2.24, 2.45) is 4.40 Å². The largest absolute Gasteiger partial charge is 0.247 e. The van der Waals surface area contributed by atoms with Crippen LogP contribution in [0.15, 0.2) is 27.5 Å². The lowest BCUT2D eigenvalue weighted by Gasteiger charge is -2.18. The lowest BCUT2D eigenvalue weighted by Crippen LogP contribution is -2.00. The normalized spacial score (nSPS) is 10.6. The molecule has 0 aliphatic rings. The Labute approximate surface area is 101 Å². The Morgan fingerprint density at radius 3 is 2.38 bits per heavy atom. The van der Waals surface area contributed by atoms with E-state index in [1.807, 2.05) is 12.1 Å². The first-order chi connectivity index (χ1) is 7.57. The fraction of sp³-hybridized carbons (Fsp3) is 0.462. The van der Waals surface area contributed by atoms with Gasteiger partial charge < -0.3 is 0 Å². The maximum absolute atomic E-state index is 10.2. The van der Waals surface area contributed by atoms with Crippen LogP contribution in [0.4, 0.5) is 0 Å². The van der Waals surface area contributed by atoms with Crippen LogP contribution in [0.5, 0.6) is 0 Å². The summed E-state index contributed by atoms with van der Waals surface area (Å²) in [4.78, 5) is 11.2. The molecular weight excluding hydrogens is 218 g/mol. The maximum Gasteiger partial charge on any atom is 0.247 e. The van der Waals surface area contributed by atoms with Gasteiger partial charge in [0.2, 0.25) is 6.08 Å². The van der Waals surface area contributed by atoms with Crippen molar-refractivity contribution in [2.45, 2.75) is 44.4 Å². The van der Waals surface area contributed by atoms with E-state index >= 15 is 0 Å². The second kappa shape index (κ2) is 5.88. The average Bonchev–Trinajstić information content (AvgIpc) is 2.25. The molecule has 1 aromatic carbocycles. The van der Waals surface area contributed by atoms with Gasteiger partial charge in [-0.05, 0) is 29.0 Å². The summed E-state index contributed by atoms with van der Waals surface area (Å²) >= 11 is 1.21. The zero-order chi connectivity index (χ0) is 12.1. The first kappa shape index (κ1) is 13.0. The molecule has 0 N–H and O–H groups in total. The minimum atomic E-state index is 0.433. The predicted molar refractivity (Wildman–Crippen MR) is 68.6 cm³/mol. The molecule has 0 bridgehead atoms. The Kier molecular flexibility index (Phi) is 4.78. The number of carbonyl (C=O) groups excluding carboxylic acids is 1. The molecule has 0 aliphatic heterocycles. The van der Waals surface area contributed by atoms with Crippen LogP contribution in [-0.4, -0.2) is 6.08 Å². The molecule has 0 spiro atoms. The van der Waals surface area contributed by atoms with Crippen molar-refractivity contribution in [1.82, 2.24) is 0 Å². The van der Waals surface area contributed by atoms with Gasteiger partial charge in [-0.2, -0.15) is 0 Å². The van der Waals surface area contributed by atoms with E-state index in [2.05, 4.69) is 38.2 Å². The van der Waals surface area contributed by atoms with Crippen molar-refractivity contribution < 1.29 is 4.79 Å². The number of benzene rings is 1. The summed E-state index contributed by atoms with van der Waals surface area (Å²) in [6.07, 6.45) is 1.57. The van der Waals surface area contributed by atoms with Crippen molar-refractivity contribution in [2.75, 3.05) is 0 Å². The number of hydrogen-bond donors (Lipinski definition) is 0. The van der Waals surface area contributed by atoms with Crippen LogP contribution < -0.4 is 0 Å². The third-order valence-electron chi connectivity index (χ3n) is 2.48. The molecular formula is C13H17NOS. The zero-order valence-electron chi connectivity index (χ0n) is 10.2. The van der Waals surface area contributed by atoms with E-state index in [1.54, 1.807) is 6.08 Å². The van der Waals surface area contributed by atoms with Gasteiger partial charge in [0.15, 0.2) is 0 Å². The summed E-state index contributed by atoms with van der Waals surface area (Å²) in [7, 11) is 0. The number of isocyanates is 1. The van der Waals surface area contributed by atoms with Gasteiger partial charge in [0.25, 0.3) is 0 Å². The van der Waals surface area contributed by atoms with E-state index in [0.717, 1.165) is 4.90 Å². The van der Waals surface area contributed by atoms with Crippen molar-refractivity contribution in [1.29, 1.82) is 0 Å². The quantitative estimate of drug-likeness (QED) is 0.443. The van der Waals surface area contributed by atoms with Gasteiger partial charge in [-0.25, -0.2) is 4.79 Å². The first-order valence-corrected chi connectivity index (χ1v) is 6.22. The van der Waals surface area contributed by atoms with Gasteiger partial charge in [-0.1, -0.05) is 39.8 Å². The lowest BCUT2D eigenvalue weighted by molar-refractivity contribution is 0.566. The summed E-state index contributed by atoms with van der Waals surface area (Å²) < 4.78 is 3.60. The molecule has 0 saturated heterocycles. The van der Waals surface area contributed by atoms with Crippen LogP contribution in [0.1, 0.15) is 50.7 Å². The van der Waals surface area contributed by atoms with Gasteiger partial charge in [0.05, 0.1) is 0 Å². The highest BCUT2D eigenvalue weighted by Gasteiger charge is 2.14. The number of rotatable bonds is 4. The Hall–Kier alpha value is -1.05. The molecule has 0 fully saturated rings. The summed E-state index contributed by atoms with van der Waals surface area (Å²) in [6, 6.07) is 6.17. The lowest BCUT2D eigenvalue weighted by atomic mass is 9.91. The SMILES string of the molecule is CC(C)c1cccc(SN=C=O)c1C(C)C. The van der Waals surface area contributed by atoms with Crippen LogP contribution in [0.25, 0.3) is 0 Å². The van der Waals surface area contributed by atoms with Crippen LogP contribution in [-0.2, 0) is 4.79 Å². The first-order valence-electron chi connectivity index (χ1n) is 5.45. The average molecular weight is 235 g/mol. The third-order valence-corrected chi connectivity index (χ3v) is 3.20. The molecule has 3 heteroatoms. The van der Waals surface area contributed by atoms with E-state index in [9.17, 15) is 4.79 Å². The zero-order valence-corrected chi connectivity index (χ0v) is 11.0. The number of nitrogens with zero attached hydrogens (tertiary/aromatic N) is 1. The second-order valence-electron chi connectivity index (χ2n) is 4.34. The van der Waals surface area contributed by atoms with E-state index in [-0.39, 0.29) is 0 Å². The van der Waals surface area contributed by atoms with Crippen molar-refractivity contribution in [3.8, 4) is 0 Å². The monoisotopic (exact) mass is 235 g/mol. The molecule has 2 nitrogen and oxygen atoms in total. The molecule has 0 radical (unpaired) electrons. The fourth-order valence-corrected chi connectivity index (χ4v) is 2.56.